The summed E-state index contributed by atoms with van der Waals surface area (Å²) in [4.78, 5) is 11.7. The Morgan fingerprint density at radius 3 is 2.78 bits per heavy atom. The number of carbonyl (C=O) groups is 1. The van der Waals surface area contributed by atoms with Crippen molar-refractivity contribution in [2.24, 2.45) is 0 Å². The van der Waals surface area contributed by atoms with Gasteiger partial charge in [-0.25, -0.2) is 0 Å². The minimum absolute atomic E-state index is 0.0324. The monoisotopic (exact) mass is 327 g/mol. The molecule has 1 aliphatic rings. The summed E-state index contributed by atoms with van der Waals surface area (Å²) in [7, 11) is 0. The lowest BCUT2D eigenvalue weighted by Crippen LogP contribution is -2.30. The minimum atomic E-state index is -4.42. The summed E-state index contributed by atoms with van der Waals surface area (Å²) >= 11 is 0. The van der Waals surface area contributed by atoms with E-state index in [1.54, 1.807) is 0 Å². The lowest BCUT2D eigenvalue weighted by molar-refractivity contribution is -0.137. The molecule has 0 spiro atoms. The van der Waals surface area contributed by atoms with E-state index in [1.807, 2.05) is 0 Å². The molecule has 0 atom stereocenters. The Kier molecular flexibility index (Phi) is 6.07. The summed E-state index contributed by atoms with van der Waals surface area (Å²) in [5, 5.41) is 2.72. The van der Waals surface area contributed by atoms with E-state index < -0.39 is 11.7 Å². The number of rotatable bonds is 6. The first-order valence-corrected chi connectivity index (χ1v) is 7.70. The molecule has 0 saturated heterocycles. The third-order valence-corrected chi connectivity index (χ3v) is 3.68. The van der Waals surface area contributed by atoms with Crippen molar-refractivity contribution in [1.29, 1.82) is 0 Å². The maximum absolute atomic E-state index is 12.6. The van der Waals surface area contributed by atoms with Crippen molar-refractivity contribution in [1.82, 2.24) is 5.32 Å². The number of alkyl halides is 3. The first-order valence-electron chi connectivity index (χ1n) is 7.70. The lowest BCUT2D eigenvalue weighted by atomic mass is 9.97. The smallest absolute Gasteiger partial charge is 0.416 e. The molecule has 6 heteroatoms. The maximum Gasteiger partial charge on any atom is 0.416 e. The molecule has 1 N–H and O–H groups in total. The molecule has 126 valence electrons. The molecule has 2 rings (SSSR count). The zero-order valence-corrected chi connectivity index (χ0v) is 12.8. The predicted octanol–water partition coefficient (Wildman–Crippen LogP) is 4.09. The van der Waals surface area contributed by atoms with Gasteiger partial charge in [-0.15, -0.1) is 0 Å². The third kappa shape index (κ3) is 5.96. The summed E-state index contributed by atoms with van der Waals surface area (Å²) in [6.07, 6.45) is 3.21. The number of amides is 1. The molecule has 3 nitrogen and oxygen atoms in total. The minimum Gasteiger partial charge on any atom is -0.484 e. The standard InChI is InChI=1S/C17H20F3NO2/c18-17(19,20)14-7-4-8-15(11-14)23-12-16(22)21-10-9-13-5-2-1-3-6-13/h4-5,7-8,11H,1-3,6,9-10,12H2,(H,21,22). The number of allylic oxidation sites excluding steroid dienone is 1. The predicted molar refractivity (Wildman–Crippen MR) is 81.1 cm³/mol. The molecule has 0 heterocycles. The Morgan fingerprint density at radius 1 is 1.26 bits per heavy atom. The van der Waals surface area contributed by atoms with Gasteiger partial charge in [-0.05, 0) is 50.3 Å². The highest BCUT2D eigenvalue weighted by Crippen LogP contribution is 2.31. The molecule has 0 aliphatic heterocycles. The van der Waals surface area contributed by atoms with E-state index >= 15 is 0 Å². The van der Waals surface area contributed by atoms with Crippen molar-refractivity contribution in [2.45, 2.75) is 38.3 Å². The van der Waals surface area contributed by atoms with Crippen LogP contribution < -0.4 is 10.1 Å². The van der Waals surface area contributed by atoms with Gasteiger partial charge in [0.25, 0.3) is 5.91 Å². The Labute approximate surface area is 133 Å². The van der Waals surface area contributed by atoms with Gasteiger partial charge in [0.2, 0.25) is 0 Å². The highest BCUT2D eigenvalue weighted by molar-refractivity contribution is 5.77. The molecule has 23 heavy (non-hydrogen) atoms. The van der Waals surface area contributed by atoms with E-state index in [1.165, 1.54) is 30.5 Å². The van der Waals surface area contributed by atoms with Gasteiger partial charge in [0.15, 0.2) is 6.61 Å². The van der Waals surface area contributed by atoms with Gasteiger partial charge in [-0.1, -0.05) is 17.7 Å². The van der Waals surface area contributed by atoms with Crippen LogP contribution in [0.3, 0.4) is 0 Å². The van der Waals surface area contributed by atoms with E-state index in [2.05, 4.69) is 11.4 Å². The molecule has 1 amide bonds. The van der Waals surface area contributed by atoms with Gasteiger partial charge in [-0.3, -0.25) is 4.79 Å². The SMILES string of the molecule is O=C(COc1cccc(C(F)(F)F)c1)NCCC1=CCCCC1. The molecule has 0 bridgehead atoms. The molecule has 1 aromatic carbocycles. The van der Waals surface area contributed by atoms with Gasteiger partial charge < -0.3 is 10.1 Å². The number of benzene rings is 1. The van der Waals surface area contributed by atoms with Crippen LogP contribution in [0, 0.1) is 0 Å². The van der Waals surface area contributed by atoms with Crippen LogP contribution in [0.15, 0.2) is 35.9 Å². The number of halogens is 3. The van der Waals surface area contributed by atoms with Gasteiger partial charge >= 0.3 is 6.18 Å². The molecular weight excluding hydrogens is 307 g/mol. The van der Waals surface area contributed by atoms with Crippen LogP contribution in [0.1, 0.15) is 37.7 Å². The van der Waals surface area contributed by atoms with Crippen LogP contribution in [0.25, 0.3) is 0 Å². The number of hydrogen-bond acceptors (Lipinski definition) is 2. The normalized spacial score (nSPS) is 15.0. The second-order valence-electron chi connectivity index (χ2n) is 5.52. The molecular formula is C17H20F3NO2. The van der Waals surface area contributed by atoms with Gasteiger partial charge in [0, 0.05) is 6.54 Å². The fraction of sp³-hybridized carbons (Fsp3) is 0.471. The zero-order valence-electron chi connectivity index (χ0n) is 12.8. The highest BCUT2D eigenvalue weighted by Gasteiger charge is 2.30. The van der Waals surface area contributed by atoms with Crippen molar-refractivity contribution >= 4 is 5.91 Å². The van der Waals surface area contributed by atoms with Gasteiger partial charge in [-0.2, -0.15) is 13.2 Å². The quantitative estimate of drug-likeness (QED) is 0.799. The van der Waals surface area contributed by atoms with E-state index in [4.69, 9.17) is 4.74 Å². The van der Waals surface area contributed by atoms with E-state index in [-0.39, 0.29) is 18.3 Å². The first kappa shape index (κ1) is 17.4. The van der Waals surface area contributed by atoms with Crippen LogP contribution in [0.4, 0.5) is 13.2 Å². The van der Waals surface area contributed by atoms with Crippen molar-refractivity contribution < 1.29 is 22.7 Å². The number of nitrogens with one attached hydrogen (secondary N) is 1. The molecule has 0 aromatic heterocycles. The zero-order chi connectivity index (χ0) is 16.7. The second-order valence-corrected chi connectivity index (χ2v) is 5.52. The Balaban J connectivity index is 1.73. The Bertz CT molecular complexity index is 567. The van der Waals surface area contributed by atoms with E-state index in [0.29, 0.717) is 6.54 Å². The molecule has 0 saturated carbocycles. The highest BCUT2D eigenvalue weighted by atomic mass is 19.4. The van der Waals surface area contributed by atoms with Crippen molar-refractivity contribution in [3.8, 4) is 5.75 Å². The molecule has 1 aromatic rings. The van der Waals surface area contributed by atoms with Crippen molar-refractivity contribution in [3.05, 3.63) is 41.5 Å². The van der Waals surface area contributed by atoms with Crippen molar-refractivity contribution in [3.63, 3.8) is 0 Å². The Morgan fingerprint density at radius 2 is 2.09 bits per heavy atom. The van der Waals surface area contributed by atoms with Crippen molar-refractivity contribution in [2.75, 3.05) is 13.2 Å². The van der Waals surface area contributed by atoms with Crippen LogP contribution in [-0.2, 0) is 11.0 Å². The van der Waals surface area contributed by atoms with Gasteiger partial charge in [0.1, 0.15) is 5.75 Å². The van der Waals surface area contributed by atoms with Crippen LogP contribution in [-0.4, -0.2) is 19.1 Å². The lowest BCUT2D eigenvalue weighted by Gasteiger charge is -2.13. The molecule has 1 aliphatic carbocycles. The molecule has 0 unspecified atom stereocenters. The van der Waals surface area contributed by atoms with E-state index in [9.17, 15) is 18.0 Å². The topological polar surface area (TPSA) is 38.3 Å². The third-order valence-electron chi connectivity index (χ3n) is 3.68. The summed E-state index contributed by atoms with van der Waals surface area (Å²) in [6, 6.07) is 4.51. The summed E-state index contributed by atoms with van der Waals surface area (Å²) in [5.41, 5.74) is 0.565. The van der Waals surface area contributed by atoms with Gasteiger partial charge in [0.05, 0.1) is 5.56 Å². The van der Waals surface area contributed by atoms with Crippen LogP contribution in [0.2, 0.25) is 0 Å². The Hall–Kier alpha value is -1.98. The number of hydrogen-bond donors (Lipinski definition) is 1. The second kappa shape index (κ2) is 8.04. The maximum atomic E-state index is 12.6. The first-order chi connectivity index (χ1) is 10.9. The largest absolute Gasteiger partial charge is 0.484 e. The summed E-state index contributed by atoms with van der Waals surface area (Å²) in [6.45, 7) is 0.233. The molecule has 0 fully saturated rings. The fourth-order valence-electron chi connectivity index (χ4n) is 2.46. The van der Waals surface area contributed by atoms with E-state index in [0.717, 1.165) is 31.4 Å². The number of ether oxygens (including phenoxy) is 1. The average Bonchev–Trinajstić information content (AvgIpc) is 2.53. The fourth-order valence-corrected chi connectivity index (χ4v) is 2.46. The number of carbonyl (C=O) groups excluding carboxylic acids is 1. The van der Waals surface area contributed by atoms with Crippen LogP contribution >= 0.6 is 0 Å². The summed E-state index contributed by atoms with van der Waals surface area (Å²) in [5.74, 6) is -0.302. The average molecular weight is 327 g/mol. The molecule has 0 radical (unpaired) electrons. The summed E-state index contributed by atoms with van der Waals surface area (Å²) < 4.78 is 42.8. The van der Waals surface area contributed by atoms with Crippen LogP contribution in [0.5, 0.6) is 5.75 Å².